The summed E-state index contributed by atoms with van der Waals surface area (Å²) in [5.41, 5.74) is 6.08. The van der Waals surface area contributed by atoms with E-state index in [0.717, 1.165) is 70.7 Å². The second kappa shape index (κ2) is 9.65. The van der Waals surface area contributed by atoms with E-state index in [0.29, 0.717) is 11.8 Å². The third kappa shape index (κ3) is 5.62. The van der Waals surface area contributed by atoms with Crippen molar-refractivity contribution in [1.29, 1.82) is 0 Å². The molecule has 0 radical (unpaired) electrons. The van der Waals surface area contributed by atoms with Crippen LogP contribution in [0, 0.1) is 0 Å². The number of anilines is 2. The van der Waals surface area contributed by atoms with Crippen LogP contribution in [-0.4, -0.2) is 42.3 Å². The van der Waals surface area contributed by atoms with Crippen LogP contribution in [0.15, 0.2) is 16.6 Å². The number of rotatable bonds is 6. The van der Waals surface area contributed by atoms with Gasteiger partial charge >= 0.3 is 6.18 Å². The molecule has 30 heavy (non-hydrogen) atoms. The van der Waals surface area contributed by atoms with E-state index in [-0.39, 0.29) is 21.7 Å². The van der Waals surface area contributed by atoms with Crippen LogP contribution in [0.2, 0.25) is 0 Å². The lowest BCUT2D eigenvalue weighted by Gasteiger charge is -2.48. The molecule has 1 aromatic rings. The minimum atomic E-state index is -4.42. The molecule has 1 aliphatic carbocycles. The molecule has 1 aliphatic heterocycles. The molecule has 0 bridgehead atoms. The van der Waals surface area contributed by atoms with E-state index in [1.807, 2.05) is 0 Å². The average Bonchev–Trinajstić information content (AvgIpc) is 2.70. The van der Waals surface area contributed by atoms with E-state index in [1.54, 1.807) is 0 Å². The Morgan fingerprint density at radius 3 is 2.40 bits per heavy atom. The van der Waals surface area contributed by atoms with Gasteiger partial charge in [0.1, 0.15) is 0 Å². The molecule has 1 aromatic carbocycles. The van der Waals surface area contributed by atoms with Crippen LogP contribution in [0.5, 0.6) is 0 Å². The quantitative estimate of drug-likeness (QED) is 0.475. The highest BCUT2D eigenvalue weighted by molar-refractivity contribution is 9.10. The van der Waals surface area contributed by atoms with Crippen molar-refractivity contribution in [3.8, 4) is 0 Å². The highest BCUT2D eigenvalue weighted by Gasteiger charge is 2.38. The molecular weight excluding hydrogens is 459 g/mol. The molecule has 2 aliphatic rings. The van der Waals surface area contributed by atoms with E-state index in [4.69, 9.17) is 10.5 Å². The second-order valence-electron chi connectivity index (χ2n) is 8.89. The fourth-order valence-electron chi connectivity index (χ4n) is 4.70. The Kier molecular flexibility index (Phi) is 7.62. The first-order valence-corrected chi connectivity index (χ1v) is 11.7. The smallest absolute Gasteiger partial charge is 0.397 e. The van der Waals surface area contributed by atoms with Crippen LogP contribution in [0.4, 0.5) is 24.5 Å². The number of piperidine rings is 1. The van der Waals surface area contributed by atoms with Gasteiger partial charge in [0.2, 0.25) is 0 Å². The van der Waals surface area contributed by atoms with Crippen LogP contribution in [0.3, 0.4) is 0 Å². The molecule has 4 nitrogen and oxygen atoms in total. The van der Waals surface area contributed by atoms with Crippen molar-refractivity contribution >= 4 is 27.3 Å². The van der Waals surface area contributed by atoms with Gasteiger partial charge in [-0.2, -0.15) is 13.2 Å². The molecule has 3 N–H and O–H groups in total. The fraction of sp³-hybridized carbons (Fsp3) is 0.727. The largest absolute Gasteiger partial charge is 0.417 e. The second-order valence-corrected chi connectivity index (χ2v) is 9.74. The number of hydrogen-bond acceptors (Lipinski definition) is 4. The van der Waals surface area contributed by atoms with Crippen molar-refractivity contribution in [3.63, 3.8) is 0 Å². The van der Waals surface area contributed by atoms with Crippen LogP contribution < -0.4 is 11.1 Å². The number of ether oxygens (including phenoxy) is 1. The van der Waals surface area contributed by atoms with Gasteiger partial charge < -0.3 is 15.8 Å². The average molecular weight is 492 g/mol. The number of nitrogens with one attached hydrogen (secondary N) is 1. The SMILES string of the molecule is CCCOC1CCC(C)(N2CCC(Nc3cc(Br)c(C(F)(F)F)cc3N)CC2)CC1. The third-order valence-electron chi connectivity index (χ3n) is 6.63. The third-order valence-corrected chi connectivity index (χ3v) is 7.29. The number of alkyl halides is 3. The standard InChI is InChI=1S/C22H33BrF3N3O/c1-3-12-30-16-4-8-21(2,9-5-16)29-10-6-15(7-11-29)28-20-14-18(23)17(13-19(20)27)22(24,25)26/h13-16,28H,3-12,27H2,1-2H3. The molecule has 0 unspecified atom stereocenters. The summed E-state index contributed by atoms with van der Waals surface area (Å²) in [6.07, 6.45) is 3.47. The van der Waals surface area contributed by atoms with Crippen LogP contribution in [-0.2, 0) is 10.9 Å². The van der Waals surface area contributed by atoms with Crippen molar-refractivity contribution in [2.24, 2.45) is 0 Å². The van der Waals surface area contributed by atoms with Gasteiger partial charge in [0.05, 0.1) is 23.0 Å². The lowest BCUT2D eigenvalue weighted by molar-refractivity contribution is -0.138. The van der Waals surface area contributed by atoms with Gasteiger partial charge in [0.25, 0.3) is 0 Å². The van der Waals surface area contributed by atoms with E-state index in [9.17, 15) is 13.2 Å². The molecular formula is C22H33BrF3N3O. The van der Waals surface area contributed by atoms with Crippen LogP contribution >= 0.6 is 15.9 Å². The molecule has 3 rings (SSSR count). The fourth-order valence-corrected chi connectivity index (χ4v) is 5.26. The molecule has 170 valence electrons. The topological polar surface area (TPSA) is 50.5 Å². The van der Waals surface area contributed by atoms with Crippen molar-refractivity contribution in [1.82, 2.24) is 4.90 Å². The van der Waals surface area contributed by atoms with Gasteiger partial charge in [-0.15, -0.1) is 0 Å². The van der Waals surface area contributed by atoms with Crippen molar-refractivity contribution in [2.45, 2.75) is 82.7 Å². The van der Waals surface area contributed by atoms with Gasteiger partial charge in [-0.3, -0.25) is 4.90 Å². The Bertz CT molecular complexity index is 712. The highest BCUT2D eigenvalue weighted by Crippen LogP contribution is 2.40. The zero-order chi connectivity index (χ0) is 21.9. The summed E-state index contributed by atoms with van der Waals surface area (Å²) in [7, 11) is 0. The number of hydrogen-bond donors (Lipinski definition) is 2. The molecule has 1 saturated heterocycles. The normalized spacial score (nSPS) is 26.7. The Morgan fingerprint density at radius 2 is 1.83 bits per heavy atom. The van der Waals surface area contributed by atoms with Crippen molar-refractivity contribution in [2.75, 3.05) is 30.7 Å². The van der Waals surface area contributed by atoms with Crippen LogP contribution in [0.1, 0.15) is 64.4 Å². The first-order chi connectivity index (χ1) is 14.1. The number of nitrogen functional groups attached to an aromatic ring is 1. The molecule has 0 amide bonds. The number of benzene rings is 1. The summed E-state index contributed by atoms with van der Waals surface area (Å²) in [6, 6.07) is 2.66. The molecule has 0 atom stereocenters. The minimum Gasteiger partial charge on any atom is -0.397 e. The van der Waals surface area contributed by atoms with E-state index < -0.39 is 11.7 Å². The van der Waals surface area contributed by atoms with Crippen molar-refractivity contribution < 1.29 is 17.9 Å². The molecule has 0 spiro atoms. The Morgan fingerprint density at radius 1 is 1.20 bits per heavy atom. The van der Waals surface area contributed by atoms with Gasteiger partial charge in [-0.05, 0) is 64.0 Å². The molecule has 0 aromatic heterocycles. The highest BCUT2D eigenvalue weighted by atomic mass is 79.9. The number of halogens is 4. The van der Waals surface area contributed by atoms with Gasteiger partial charge in [-0.25, -0.2) is 0 Å². The summed E-state index contributed by atoms with van der Waals surface area (Å²) in [5.74, 6) is 0. The predicted octanol–water partition coefficient (Wildman–Crippen LogP) is 6.05. The lowest BCUT2D eigenvalue weighted by Crippen LogP contribution is -2.53. The molecule has 8 heteroatoms. The molecule has 1 heterocycles. The summed E-state index contributed by atoms with van der Waals surface area (Å²) >= 11 is 3.04. The van der Waals surface area contributed by atoms with E-state index in [2.05, 4.69) is 40.0 Å². The molecule has 2 fully saturated rings. The van der Waals surface area contributed by atoms with E-state index in [1.165, 1.54) is 6.07 Å². The zero-order valence-electron chi connectivity index (χ0n) is 17.8. The minimum absolute atomic E-state index is 0.0127. The molecule has 1 saturated carbocycles. The maximum absolute atomic E-state index is 13.0. The first-order valence-electron chi connectivity index (χ1n) is 10.9. The number of nitrogens with zero attached hydrogens (tertiary/aromatic N) is 1. The predicted molar refractivity (Wildman–Crippen MR) is 119 cm³/mol. The Hall–Kier alpha value is -0.990. The van der Waals surface area contributed by atoms with Gasteiger partial charge in [0.15, 0.2) is 0 Å². The Labute approximate surface area is 185 Å². The zero-order valence-corrected chi connectivity index (χ0v) is 19.4. The lowest BCUT2D eigenvalue weighted by atomic mass is 9.79. The maximum atomic E-state index is 13.0. The number of likely N-dealkylation sites (tertiary alicyclic amines) is 1. The van der Waals surface area contributed by atoms with Gasteiger partial charge in [-0.1, -0.05) is 22.9 Å². The summed E-state index contributed by atoms with van der Waals surface area (Å²) in [4.78, 5) is 2.59. The monoisotopic (exact) mass is 491 g/mol. The summed E-state index contributed by atoms with van der Waals surface area (Å²) in [6.45, 7) is 7.32. The summed E-state index contributed by atoms with van der Waals surface area (Å²) < 4.78 is 45.1. The first kappa shape index (κ1) is 23.7. The summed E-state index contributed by atoms with van der Waals surface area (Å²) in [5, 5.41) is 3.37. The van der Waals surface area contributed by atoms with Gasteiger partial charge in [0, 0.05) is 35.7 Å². The maximum Gasteiger partial charge on any atom is 0.417 e. The van der Waals surface area contributed by atoms with Crippen LogP contribution in [0.25, 0.3) is 0 Å². The van der Waals surface area contributed by atoms with Crippen molar-refractivity contribution in [3.05, 3.63) is 22.2 Å². The number of nitrogens with two attached hydrogens (primary N) is 1. The Balaban J connectivity index is 1.53. The van der Waals surface area contributed by atoms with E-state index >= 15 is 0 Å².